The minimum Gasteiger partial charge on any atom is -0.493 e. The molecular formula is C7H8N2O2. The number of nitrogens with zero attached hydrogens (tertiary/aromatic N) is 2. The summed E-state index contributed by atoms with van der Waals surface area (Å²) in [6, 6.07) is 0. The van der Waals surface area contributed by atoms with Crippen LogP contribution in [0.5, 0.6) is 11.8 Å². The summed E-state index contributed by atoms with van der Waals surface area (Å²) in [7, 11) is 0. The Balaban J connectivity index is 2.48. The Bertz CT molecular complexity index is 264. The van der Waals surface area contributed by atoms with Crippen molar-refractivity contribution in [2.75, 3.05) is 0 Å². The van der Waals surface area contributed by atoms with Crippen molar-refractivity contribution < 1.29 is 10.2 Å². The van der Waals surface area contributed by atoms with Crippen molar-refractivity contribution in [1.82, 2.24) is 9.97 Å². The summed E-state index contributed by atoms with van der Waals surface area (Å²) in [6.45, 7) is 0. The van der Waals surface area contributed by atoms with Crippen LogP contribution in [0.25, 0.3) is 0 Å². The van der Waals surface area contributed by atoms with E-state index in [1.807, 2.05) is 0 Å². The van der Waals surface area contributed by atoms with Gasteiger partial charge in [-0.3, -0.25) is 0 Å². The van der Waals surface area contributed by atoms with Gasteiger partial charge in [-0.05, 0) is 18.8 Å². The molecule has 2 N–H and O–H groups in total. The Kier molecular flexibility index (Phi) is 1.21. The van der Waals surface area contributed by atoms with Crippen molar-refractivity contribution in [2.24, 2.45) is 0 Å². The van der Waals surface area contributed by atoms with Gasteiger partial charge in [0.1, 0.15) is 6.33 Å². The molecule has 0 atom stereocenters. The van der Waals surface area contributed by atoms with Gasteiger partial charge in [0.05, 0.1) is 5.56 Å². The molecule has 58 valence electrons. The molecule has 1 aliphatic rings. The number of hydrogen-bond donors (Lipinski definition) is 2. The normalized spacial score (nSPS) is 16.7. The molecular weight excluding hydrogens is 144 g/mol. The molecule has 1 saturated carbocycles. The largest absolute Gasteiger partial charge is 0.493 e. The maximum absolute atomic E-state index is 9.19. The highest BCUT2D eigenvalue weighted by Crippen LogP contribution is 2.46. The molecule has 0 spiro atoms. The lowest BCUT2D eigenvalue weighted by Gasteiger charge is -2.01. The molecule has 1 fully saturated rings. The van der Waals surface area contributed by atoms with Crippen LogP contribution in [-0.4, -0.2) is 20.2 Å². The topological polar surface area (TPSA) is 66.2 Å². The van der Waals surface area contributed by atoms with E-state index in [1.54, 1.807) is 0 Å². The van der Waals surface area contributed by atoms with Crippen LogP contribution in [-0.2, 0) is 0 Å². The predicted octanol–water partition coefficient (Wildman–Crippen LogP) is 0.765. The van der Waals surface area contributed by atoms with Gasteiger partial charge in [0, 0.05) is 0 Å². The van der Waals surface area contributed by atoms with Crippen LogP contribution in [0.2, 0.25) is 0 Å². The number of rotatable bonds is 1. The predicted molar refractivity (Wildman–Crippen MR) is 37.3 cm³/mol. The zero-order valence-corrected chi connectivity index (χ0v) is 5.86. The van der Waals surface area contributed by atoms with E-state index in [-0.39, 0.29) is 17.7 Å². The van der Waals surface area contributed by atoms with E-state index in [2.05, 4.69) is 9.97 Å². The number of hydrogen-bond acceptors (Lipinski definition) is 4. The highest BCUT2D eigenvalue weighted by molar-refractivity contribution is 5.38. The molecule has 0 amide bonds. The van der Waals surface area contributed by atoms with Gasteiger partial charge in [-0.1, -0.05) is 0 Å². The maximum Gasteiger partial charge on any atom is 0.221 e. The fourth-order valence-electron chi connectivity index (χ4n) is 1.11. The van der Waals surface area contributed by atoms with Gasteiger partial charge in [0.25, 0.3) is 0 Å². The van der Waals surface area contributed by atoms with Gasteiger partial charge in [0.2, 0.25) is 11.8 Å². The lowest BCUT2D eigenvalue weighted by atomic mass is 10.2. The van der Waals surface area contributed by atoms with E-state index in [9.17, 15) is 10.2 Å². The van der Waals surface area contributed by atoms with E-state index in [4.69, 9.17) is 0 Å². The average molecular weight is 152 g/mol. The smallest absolute Gasteiger partial charge is 0.221 e. The summed E-state index contributed by atoms with van der Waals surface area (Å²) in [6.07, 6.45) is 3.17. The van der Waals surface area contributed by atoms with Crippen LogP contribution in [0.4, 0.5) is 0 Å². The SMILES string of the molecule is Oc1ncnc(O)c1C1CC1. The second kappa shape index (κ2) is 2.08. The van der Waals surface area contributed by atoms with Gasteiger partial charge in [0.15, 0.2) is 0 Å². The zero-order valence-electron chi connectivity index (χ0n) is 5.86. The van der Waals surface area contributed by atoms with Crippen LogP contribution < -0.4 is 0 Å². The highest BCUT2D eigenvalue weighted by atomic mass is 16.3. The molecule has 0 radical (unpaired) electrons. The molecule has 1 heterocycles. The van der Waals surface area contributed by atoms with Crippen LogP contribution in [0.1, 0.15) is 24.3 Å². The molecule has 2 rings (SSSR count). The molecule has 11 heavy (non-hydrogen) atoms. The Morgan fingerprint density at radius 1 is 1.18 bits per heavy atom. The third kappa shape index (κ3) is 1.00. The van der Waals surface area contributed by atoms with Gasteiger partial charge in [-0.2, -0.15) is 0 Å². The van der Waals surface area contributed by atoms with Crippen molar-refractivity contribution in [2.45, 2.75) is 18.8 Å². The lowest BCUT2D eigenvalue weighted by molar-refractivity contribution is 0.409. The average Bonchev–Trinajstić information content (AvgIpc) is 2.70. The van der Waals surface area contributed by atoms with Crippen molar-refractivity contribution in [1.29, 1.82) is 0 Å². The van der Waals surface area contributed by atoms with Gasteiger partial charge in [-0.25, -0.2) is 9.97 Å². The van der Waals surface area contributed by atoms with Crippen LogP contribution in [0.3, 0.4) is 0 Å². The van der Waals surface area contributed by atoms with Crippen LogP contribution >= 0.6 is 0 Å². The lowest BCUT2D eigenvalue weighted by Crippen LogP contribution is -1.88. The minimum absolute atomic E-state index is 0.0833. The highest BCUT2D eigenvalue weighted by Gasteiger charge is 2.30. The monoisotopic (exact) mass is 152 g/mol. The zero-order chi connectivity index (χ0) is 7.84. The Morgan fingerprint density at radius 2 is 1.73 bits per heavy atom. The molecule has 0 saturated heterocycles. The third-order valence-corrected chi connectivity index (χ3v) is 1.83. The molecule has 0 unspecified atom stereocenters. The fraction of sp³-hybridized carbons (Fsp3) is 0.429. The summed E-state index contributed by atoms with van der Waals surface area (Å²) in [5.41, 5.74) is 0.507. The second-order valence-corrected chi connectivity index (χ2v) is 2.71. The van der Waals surface area contributed by atoms with Crippen molar-refractivity contribution >= 4 is 0 Å². The van der Waals surface area contributed by atoms with E-state index in [1.165, 1.54) is 0 Å². The number of aromatic hydroxyl groups is 2. The Morgan fingerprint density at radius 3 is 2.18 bits per heavy atom. The molecule has 1 aromatic heterocycles. The molecule has 4 nitrogen and oxygen atoms in total. The summed E-state index contributed by atoms with van der Waals surface area (Å²) in [4.78, 5) is 7.17. The summed E-state index contributed by atoms with van der Waals surface area (Å²) in [5, 5.41) is 18.4. The minimum atomic E-state index is -0.0833. The van der Waals surface area contributed by atoms with E-state index in [0.717, 1.165) is 19.2 Å². The summed E-state index contributed by atoms with van der Waals surface area (Å²) >= 11 is 0. The summed E-state index contributed by atoms with van der Waals surface area (Å²) < 4.78 is 0. The van der Waals surface area contributed by atoms with E-state index in [0.29, 0.717) is 5.56 Å². The Hall–Kier alpha value is -1.32. The fourth-order valence-corrected chi connectivity index (χ4v) is 1.11. The second-order valence-electron chi connectivity index (χ2n) is 2.71. The van der Waals surface area contributed by atoms with Gasteiger partial charge in [-0.15, -0.1) is 0 Å². The molecule has 1 aliphatic carbocycles. The first kappa shape index (κ1) is 6.39. The maximum atomic E-state index is 9.19. The van der Waals surface area contributed by atoms with Crippen molar-refractivity contribution in [3.63, 3.8) is 0 Å². The van der Waals surface area contributed by atoms with Crippen molar-refractivity contribution in [3.8, 4) is 11.8 Å². The van der Waals surface area contributed by atoms with Crippen LogP contribution in [0, 0.1) is 0 Å². The third-order valence-electron chi connectivity index (χ3n) is 1.83. The first-order valence-electron chi connectivity index (χ1n) is 3.52. The molecule has 0 bridgehead atoms. The van der Waals surface area contributed by atoms with E-state index < -0.39 is 0 Å². The Labute approximate surface area is 63.5 Å². The van der Waals surface area contributed by atoms with Gasteiger partial charge >= 0.3 is 0 Å². The van der Waals surface area contributed by atoms with Crippen molar-refractivity contribution in [3.05, 3.63) is 11.9 Å². The molecule has 1 aromatic rings. The molecule has 4 heteroatoms. The number of aromatic nitrogens is 2. The quantitative estimate of drug-likeness (QED) is 0.623. The van der Waals surface area contributed by atoms with Gasteiger partial charge < -0.3 is 10.2 Å². The summed E-state index contributed by atoms with van der Waals surface area (Å²) in [5.74, 6) is 0.108. The molecule has 0 aromatic carbocycles. The first-order chi connectivity index (χ1) is 5.29. The van der Waals surface area contributed by atoms with Crippen LogP contribution in [0.15, 0.2) is 6.33 Å². The van der Waals surface area contributed by atoms with E-state index >= 15 is 0 Å². The first-order valence-corrected chi connectivity index (χ1v) is 3.52. The standard InChI is InChI=1S/C7H8N2O2/c10-6-5(4-1-2-4)7(11)9-3-8-6/h3-4H,1-2H2,(H2,8,9,10,11). The molecule has 0 aliphatic heterocycles.